The monoisotopic (exact) mass is 247 g/mol. The normalized spacial score (nSPS) is 27.9. The van der Waals surface area contributed by atoms with E-state index in [1.54, 1.807) is 0 Å². The molecule has 1 heterocycles. The van der Waals surface area contributed by atoms with E-state index >= 15 is 0 Å². The fraction of sp³-hybridized carbons (Fsp3) is 0.533. The van der Waals surface area contributed by atoms with Crippen molar-refractivity contribution >= 4 is 5.97 Å². The molecule has 0 aromatic heterocycles. The fourth-order valence-electron chi connectivity index (χ4n) is 3.16. The fourth-order valence-corrected chi connectivity index (χ4v) is 3.16. The first-order valence-electron chi connectivity index (χ1n) is 6.71. The average Bonchev–Trinajstić information content (AvgIpc) is 2.40. The van der Waals surface area contributed by atoms with Crippen LogP contribution >= 0.6 is 0 Å². The highest BCUT2D eigenvalue weighted by Gasteiger charge is 2.47. The number of benzene rings is 1. The van der Waals surface area contributed by atoms with Gasteiger partial charge in [-0.3, -0.25) is 4.79 Å². The van der Waals surface area contributed by atoms with Crippen molar-refractivity contribution in [3.8, 4) is 0 Å². The molecular weight excluding hydrogens is 226 g/mol. The average molecular weight is 247 g/mol. The molecule has 1 saturated heterocycles. The Morgan fingerprint density at radius 2 is 2.17 bits per heavy atom. The summed E-state index contributed by atoms with van der Waals surface area (Å²) < 4.78 is 0. The third-order valence-corrected chi connectivity index (χ3v) is 4.09. The molecule has 0 spiro atoms. The van der Waals surface area contributed by atoms with Crippen molar-refractivity contribution in [1.29, 1.82) is 0 Å². The van der Waals surface area contributed by atoms with Crippen LogP contribution < -0.4 is 5.32 Å². The lowest BCUT2D eigenvalue weighted by Crippen LogP contribution is -2.52. The van der Waals surface area contributed by atoms with E-state index in [2.05, 4.69) is 12.2 Å². The molecule has 0 radical (unpaired) electrons. The summed E-state index contributed by atoms with van der Waals surface area (Å²) in [6, 6.07) is 9.73. The third kappa shape index (κ3) is 2.15. The zero-order chi connectivity index (χ0) is 13.0. The minimum Gasteiger partial charge on any atom is -0.481 e. The third-order valence-electron chi connectivity index (χ3n) is 4.09. The number of hydrogen-bond donors (Lipinski definition) is 2. The van der Waals surface area contributed by atoms with Gasteiger partial charge in [-0.25, -0.2) is 0 Å². The maximum atomic E-state index is 11.9. The molecule has 1 aliphatic rings. The smallest absolute Gasteiger partial charge is 0.314 e. The molecule has 2 N–H and O–H groups in total. The molecule has 1 aliphatic heterocycles. The Balaban J connectivity index is 2.44. The Bertz CT molecular complexity index is 402. The minimum atomic E-state index is -0.706. The van der Waals surface area contributed by atoms with E-state index in [9.17, 15) is 9.90 Å². The van der Waals surface area contributed by atoms with Gasteiger partial charge in [-0.05, 0) is 37.4 Å². The predicted molar refractivity (Wildman–Crippen MR) is 71.6 cm³/mol. The van der Waals surface area contributed by atoms with Crippen LogP contribution in [0.15, 0.2) is 30.3 Å². The highest BCUT2D eigenvalue weighted by molar-refractivity contribution is 5.82. The van der Waals surface area contributed by atoms with E-state index in [1.807, 2.05) is 30.3 Å². The van der Waals surface area contributed by atoms with Crippen molar-refractivity contribution in [3.63, 3.8) is 0 Å². The van der Waals surface area contributed by atoms with Gasteiger partial charge < -0.3 is 10.4 Å². The van der Waals surface area contributed by atoms with Crippen LogP contribution in [0.3, 0.4) is 0 Å². The molecule has 2 rings (SSSR count). The van der Waals surface area contributed by atoms with Crippen molar-refractivity contribution in [2.45, 2.75) is 31.6 Å². The van der Waals surface area contributed by atoms with Gasteiger partial charge in [0.1, 0.15) is 0 Å². The largest absolute Gasteiger partial charge is 0.481 e. The molecule has 0 saturated carbocycles. The number of aliphatic carboxylic acids is 1. The number of carbonyl (C=O) groups is 1. The van der Waals surface area contributed by atoms with Crippen LogP contribution in [0.5, 0.6) is 0 Å². The van der Waals surface area contributed by atoms with E-state index in [1.165, 1.54) is 0 Å². The first-order valence-corrected chi connectivity index (χ1v) is 6.71. The molecule has 2 unspecified atom stereocenters. The van der Waals surface area contributed by atoms with Gasteiger partial charge in [0.15, 0.2) is 0 Å². The Morgan fingerprint density at radius 3 is 2.78 bits per heavy atom. The van der Waals surface area contributed by atoms with E-state index in [4.69, 9.17) is 0 Å². The van der Waals surface area contributed by atoms with Crippen LogP contribution in [0.4, 0.5) is 0 Å². The van der Waals surface area contributed by atoms with Crippen LogP contribution in [0.2, 0.25) is 0 Å². The molecule has 3 heteroatoms. The van der Waals surface area contributed by atoms with Crippen molar-refractivity contribution in [2.24, 2.45) is 5.92 Å². The van der Waals surface area contributed by atoms with Gasteiger partial charge in [-0.1, -0.05) is 43.7 Å². The predicted octanol–water partition coefficient (Wildman–Crippen LogP) is 2.42. The first kappa shape index (κ1) is 13.1. The summed E-state index contributed by atoms with van der Waals surface area (Å²) in [7, 11) is 0. The van der Waals surface area contributed by atoms with Gasteiger partial charge in [0, 0.05) is 0 Å². The quantitative estimate of drug-likeness (QED) is 0.859. The van der Waals surface area contributed by atoms with Crippen molar-refractivity contribution in [1.82, 2.24) is 5.32 Å². The number of nitrogens with one attached hydrogen (secondary N) is 1. The Labute approximate surface area is 108 Å². The Kier molecular flexibility index (Phi) is 4.02. The summed E-state index contributed by atoms with van der Waals surface area (Å²) in [5.74, 6) is -0.496. The van der Waals surface area contributed by atoms with Gasteiger partial charge in [0.2, 0.25) is 0 Å². The molecule has 0 aliphatic carbocycles. The van der Waals surface area contributed by atoms with Crippen LogP contribution in [0.1, 0.15) is 31.7 Å². The minimum absolute atomic E-state index is 0.177. The summed E-state index contributed by atoms with van der Waals surface area (Å²) in [6.45, 7) is 3.70. The molecule has 2 atom stereocenters. The van der Waals surface area contributed by atoms with Gasteiger partial charge in [-0.2, -0.15) is 0 Å². The molecular formula is C15H21NO2. The van der Waals surface area contributed by atoms with Gasteiger partial charge in [0.25, 0.3) is 0 Å². The number of carboxylic acid groups (broad SMARTS) is 1. The molecule has 1 aromatic rings. The molecule has 98 valence electrons. The summed E-state index contributed by atoms with van der Waals surface area (Å²) in [6.07, 6.45) is 2.65. The van der Waals surface area contributed by atoms with E-state index in [-0.39, 0.29) is 5.92 Å². The summed E-state index contributed by atoms with van der Waals surface area (Å²) in [5.41, 5.74) is 0.250. The van der Waals surface area contributed by atoms with Crippen molar-refractivity contribution in [3.05, 3.63) is 35.9 Å². The molecule has 3 nitrogen and oxygen atoms in total. The zero-order valence-electron chi connectivity index (χ0n) is 10.9. The van der Waals surface area contributed by atoms with Crippen LogP contribution in [-0.4, -0.2) is 24.2 Å². The molecule has 18 heavy (non-hydrogen) atoms. The number of piperidine rings is 1. The van der Waals surface area contributed by atoms with Gasteiger partial charge in [-0.15, -0.1) is 0 Å². The van der Waals surface area contributed by atoms with E-state index in [0.29, 0.717) is 6.42 Å². The molecule has 1 fully saturated rings. The second-order valence-electron chi connectivity index (χ2n) is 5.08. The molecule has 1 aromatic carbocycles. The maximum absolute atomic E-state index is 11.9. The second kappa shape index (κ2) is 5.53. The Morgan fingerprint density at radius 1 is 1.44 bits per heavy atom. The lowest BCUT2D eigenvalue weighted by atomic mass is 9.65. The van der Waals surface area contributed by atoms with Gasteiger partial charge >= 0.3 is 5.97 Å². The van der Waals surface area contributed by atoms with Crippen LogP contribution in [-0.2, 0) is 10.2 Å². The van der Waals surface area contributed by atoms with Crippen molar-refractivity contribution in [2.75, 3.05) is 13.1 Å². The number of rotatable bonds is 4. The van der Waals surface area contributed by atoms with E-state index < -0.39 is 11.4 Å². The van der Waals surface area contributed by atoms with Crippen molar-refractivity contribution < 1.29 is 9.90 Å². The van der Waals surface area contributed by atoms with Crippen LogP contribution in [0.25, 0.3) is 0 Å². The standard InChI is InChI=1S/C15H21NO2/c1-2-6-13-11-16-10-9-15(13,14(17)18)12-7-4-3-5-8-12/h3-5,7-8,13,16H,2,6,9-11H2,1H3,(H,17,18). The number of hydrogen-bond acceptors (Lipinski definition) is 2. The van der Waals surface area contributed by atoms with Crippen LogP contribution in [0, 0.1) is 5.92 Å². The summed E-state index contributed by atoms with van der Waals surface area (Å²) in [5, 5.41) is 13.1. The Hall–Kier alpha value is -1.35. The topological polar surface area (TPSA) is 49.3 Å². The SMILES string of the molecule is CCCC1CNCCC1(C(=O)O)c1ccccc1. The van der Waals surface area contributed by atoms with Gasteiger partial charge in [0.05, 0.1) is 5.41 Å². The lowest BCUT2D eigenvalue weighted by molar-refractivity contribution is -0.147. The second-order valence-corrected chi connectivity index (χ2v) is 5.08. The highest BCUT2D eigenvalue weighted by Crippen LogP contribution is 2.40. The molecule has 0 bridgehead atoms. The zero-order valence-corrected chi connectivity index (χ0v) is 10.9. The lowest BCUT2D eigenvalue weighted by Gasteiger charge is -2.41. The summed E-state index contributed by atoms with van der Waals surface area (Å²) >= 11 is 0. The van der Waals surface area contributed by atoms with E-state index in [0.717, 1.165) is 31.5 Å². The summed E-state index contributed by atoms with van der Waals surface area (Å²) in [4.78, 5) is 11.9. The number of carboxylic acids is 1. The molecule has 0 amide bonds. The maximum Gasteiger partial charge on any atom is 0.314 e. The highest BCUT2D eigenvalue weighted by atomic mass is 16.4. The first-order chi connectivity index (χ1) is 8.71.